The van der Waals surface area contributed by atoms with Gasteiger partial charge in [-0.25, -0.2) is 4.39 Å². The minimum Gasteiger partial charge on any atom is -0.299 e. The molecule has 0 N–H and O–H groups in total. The quantitative estimate of drug-likeness (QED) is 0.697. The van der Waals surface area contributed by atoms with Crippen LogP contribution in [-0.4, -0.2) is 5.78 Å². The number of Topliss-reactive ketones (excluding diaryl/α,β-unsaturated/α-hetero) is 1. The Kier molecular flexibility index (Phi) is 3.70. The Bertz CT molecular complexity index is 356. The Morgan fingerprint density at radius 2 is 1.88 bits per heavy atom. The summed E-state index contributed by atoms with van der Waals surface area (Å²) in [4.78, 5) is 11.8. The van der Waals surface area contributed by atoms with Gasteiger partial charge in [0.1, 0.15) is 11.6 Å². The Hall–Kier alpha value is -1.18. The number of carbonyl (C=O) groups is 1. The zero-order valence-corrected chi connectivity index (χ0v) is 9.42. The second-order valence-electron chi connectivity index (χ2n) is 4.59. The van der Waals surface area contributed by atoms with Gasteiger partial charge in [-0.3, -0.25) is 4.79 Å². The third kappa shape index (κ3) is 2.91. The lowest BCUT2D eigenvalue weighted by molar-refractivity contribution is -0.122. The van der Waals surface area contributed by atoms with E-state index in [0.717, 1.165) is 37.7 Å². The molecule has 1 aliphatic carbocycles. The van der Waals surface area contributed by atoms with Crippen LogP contribution in [0.2, 0.25) is 0 Å². The number of benzene rings is 1. The summed E-state index contributed by atoms with van der Waals surface area (Å²) < 4.78 is 12.7. The molecule has 1 fully saturated rings. The molecule has 2 rings (SSSR count). The molecule has 0 radical (unpaired) electrons. The van der Waals surface area contributed by atoms with E-state index in [4.69, 9.17) is 0 Å². The smallest absolute Gasteiger partial charge is 0.136 e. The van der Waals surface area contributed by atoms with Gasteiger partial charge in [-0.15, -0.1) is 0 Å². The first-order chi connectivity index (χ1) is 7.75. The zero-order valence-electron chi connectivity index (χ0n) is 9.42. The number of halogens is 1. The maximum absolute atomic E-state index is 12.7. The first-order valence-corrected chi connectivity index (χ1v) is 6.03. The van der Waals surface area contributed by atoms with Crippen molar-refractivity contribution in [3.8, 4) is 0 Å². The molecular weight excluding hydrogens is 203 g/mol. The van der Waals surface area contributed by atoms with E-state index in [1.165, 1.54) is 18.6 Å². The zero-order chi connectivity index (χ0) is 11.4. The molecule has 1 nitrogen and oxygen atoms in total. The van der Waals surface area contributed by atoms with Gasteiger partial charge >= 0.3 is 0 Å². The summed E-state index contributed by atoms with van der Waals surface area (Å²) in [5.74, 6) is 0.339. The lowest BCUT2D eigenvalue weighted by Gasteiger charge is -2.12. The van der Waals surface area contributed by atoms with Crippen molar-refractivity contribution < 1.29 is 9.18 Å². The number of hydrogen-bond donors (Lipinski definition) is 0. The van der Waals surface area contributed by atoms with E-state index < -0.39 is 0 Å². The summed E-state index contributed by atoms with van der Waals surface area (Å²) in [7, 11) is 0. The lowest BCUT2D eigenvalue weighted by atomic mass is 9.91. The summed E-state index contributed by atoms with van der Waals surface area (Å²) in [6, 6.07) is 6.51. The van der Waals surface area contributed by atoms with Crippen molar-refractivity contribution in [3.05, 3.63) is 35.6 Å². The van der Waals surface area contributed by atoms with Gasteiger partial charge in [-0.05, 0) is 37.0 Å². The maximum Gasteiger partial charge on any atom is 0.136 e. The van der Waals surface area contributed by atoms with E-state index in [1.807, 2.05) is 0 Å². The van der Waals surface area contributed by atoms with Gasteiger partial charge in [0.05, 0.1) is 0 Å². The SMILES string of the molecule is O=C1CCCCCC1Cc1ccc(F)cc1. The molecule has 0 saturated heterocycles. The first kappa shape index (κ1) is 11.3. The summed E-state index contributed by atoms with van der Waals surface area (Å²) in [6.45, 7) is 0. The lowest BCUT2D eigenvalue weighted by Crippen LogP contribution is -2.15. The van der Waals surface area contributed by atoms with Gasteiger partial charge < -0.3 is 0 Å². The summed E-state index contributed by atoms with van der Waals surface area (Å²) in [5, 5.41) is 0. The molecule has 16 heavy (non-hydrogen) atoms. The van der Waals surface area contributed by atoms with Gasteiger partial charge in [0, 0.05) is 12.3 Å². The van der Waals surface area contributed by atoms with Crippen LogP contribution in [0.15, 0.2) is 24.3 Å². The molecule has 1 saturated carbocycles. The van der Waals surface area contributed by atoms with Crippen LogP contribution < -0.4 is 0 Å². The molecule has 1 atom stereocenters. The van der Waals surface area contributed by atoms with Crippen LogP contribution in [-0.2, 0) is 11.2 Å². The van der Waals surface area contributed by atoms with Crippen LogP contribution in [0.3, 0.4) is 0 Å². The van der Waals surface area contributed by atoms with E-state index in [9.17, 15) is 9.18 Å². The third-order valence-electron chi connectivity index (χ3n) is 3.33. The predicted molar refractivity (Wildman–Crippen MR) is 61.7 cm³/mol. The number of hydrogen-bond acceptors (Lipinski definition) is 1. The topological polar surface area (TPSA) is 17.1 Å². The number of rotatable bonds is 2. The van der Waals surface area contributed by atoms with Crippen molar-refractivity contribution in [1.82, 2.24) is 0 Å². The Morgan fingerprint density at radius 1 is 1.12 bits per heavy atom. The van der Waals surface area contributed by atoms with Gasteiger partial charge in [0.2, 0.25) is 0 Å². The average molecular weight is 220 g/mol. The minimum absolute atomic E-state index is 0.160. The molecule has 1 aromatic rings. The summed E-state index contributed by atoms with van der Waals surface area (Å²) >= 11 is 0. The molecule has 0 amide bonds. The van der Waals surface area contributed by atoms with Gasteiger partial charge in [-0.2, -0.15) is 0 Å². The van der Waals surface area contributed by atoms with Gasteiger partial charge in [-0.1, -0.05) is 25.0 Å². The van der Waals surface area contributed by atoms with E-state index in [1.54, 1.807) is 12.1 Å². The Labute approximate surface area is 95.7 Å². The third-order valence-corrected chi connectivity index (χ3v) is 3.33. The molecular formula is C14H17FO. The first-order valence-electron chi connectivity index (χ1n) is 6.03. The van der Waals surface area contributed by atoms with Crippen LogP contribution in [0.1, 0.15) is 37.7 Å². The molecule has 2 heteroatoms. The van der Waals surface area contributed by atoms with Crippen LogP contribution in [0.5, 0.6) is 0 Å². The highest BCUT2D eigenvalue weighted by Gasteiger charge is 2.20. The average Bonchev–Trinajstić information content (AvgIpc) is 2.48. The van der Waals surface area contributed by atoms with E-state index in [-0.39, 0.29) is 11.7 Å². The van der Waals surface area contributed by atoms with Crippen LogP contribution in [0.4, 0.5) is 4.39 Å². The van der Waals surface area contributed by atoms with Crippen LogP contribution >= 0.6 is 0 Å². The van der Waals surface area contributed by atoms with E-state index in [2.05, 4.69) is 0 Å². The second kappa shape index (κ2) is 5.24. The van der Waals surface area contributed by atoms with Crippen molar-refractivity contribution in [1.29, 1.82) is 0 Å². The van der Waals surface area contributed by atoms with Gasteiger partial charge in [0.25, 0.3) is 0 Å². The molecule has 1 aromatic carbocycles. The highest BCUT2D eigenvalue weighted by molar-refractivity contribution is 5.81. The second-order valence-corrected chi connectivity index (χ2v) is 4.59. The molecule has 0 bridgehead atoms. The number of carbonyl (C=O) groups excluding carboxylic acids is 1. The molecule has 0 aliphatic heterocycles. The van der Waals surface area contributed by atoms with Crippen LogP contribution in [0.25, 0.3) is 0 Å². The molecule has 0 heterocycles. The maximum atomic E-state index is 12.7. The molecule has 1 aliphatic rings. The van der Waals surface area contributed by atoms with Gasteiger partial charge in [0.15, 0.2) is 0 Å². The largest absolute Gasteiger partial charge is 0.299 e. The van der Waals surface area contributed by atoms with Crippen molar-refractivity contribution in [2.45, 2.75) is 38.5 Å². The van der Waals surface area contributed by atoms with E-state index in [0.29, 0.717) is 5.78 Å². The van der Waals surface area contributed by atoms with Crippen molar-refractivity contribution in [2.75, 3.05) is 0 Å². The normalized spacial score (nSPS) is 21.8. The Balaban J connectivity index is 2.02. The predicted octanol–water partition coefficient (Wildman–Crippen LogP) is 3.52. The highest BCUT2D eigenvalue weighted by atomic mass is 19.1. The monoisotopic (exact) mass is 220 g/mol. The van der Waals surface area contributed by atoms with Crippen molar-refractivity contribution in [3.63, 3.8) is 0 Å². The molecule has 86 valence electrons. The molecule has 0 spiro atoms. The van der Waals surface area contributed by atoms with Crippen LogP contribution in [0, 0.1) is 11.7 Å². The summed E-state index contributed by atoms with van der Waals surface area (Å²) in [6.07, 6.45) is 5.86. The van der Waals surface area contributed by atoms with Crippen molar-refractivity contribution in [2.24, 2.45) is 5.92 Å². The highest BCUT2D eigenvalue weighted by Crippen LogP contribution is 2.23. The fourth-order valence-electron chi connectivity index (χ4n) is 2.35. The van der Waals surface area contributed by atoms with E-state index >= 15 is 0 Å². The summed E-state index contributed by atoms with van der Waals surface area (Å²) in [5.41, 5.74) is 1.07. The molecule has 0 aromatic heterocycles. The van der Waals surface area contributed by atoms with Crippen molar-refractivity contribution >= 4 is 5.78 Å². The number of ketones is 1. The standard InChI is InChI=1S/C14H17FO/c15-13-8-6-11(7-9-13)10-12-4-2-1-3-5-14(12)16/h6-9,12H,1-5,10H2. The Morgan fingerprint density at radius 3 is 2.62 bits per heavy atom. The minimum atomic E-state index is -0.212. The fraction of sp³-hybridized carbons (Fsp3) is 0.500. The molecule has 1 unspecified atom stereocenters. The fourth-order valence-corrected chi connectivity index (χ4v) is 2.35.